The molecule has 0 fully saturated rings. The van der Waals surface area contributed by atoms with Gasteiger partial charge < -0.3 is 9.73 Å². The second-order valence-corrected chi connectivity index (χ2v) is 6.93. The summed E-state index contributed by atoms with van der Waals surface area (Å²) in [6, 6.07) is 7.78. The number of halogens is 1. The summed E-state index contributed by atoms with van der Waals surface area (Å²) in [7, 11) is -0.732. The molecule has 1 aromatic heterocycles. The van der Waals surface area contributed by atoms with Gasteiger partial charge in [0, 0.05) is 14.1 Å². The van der Waals surface area contributed by atoms with Crippen molar-refractivity contribution in [2.75, 3.05) is 19.4 Å². The number of rotatable bonds is 5. The SMILES string of the molecule is Cc1ccc(NCc2ccc(S(=O)(=O)N(C)C)o2)c(F)c1. The highest BCUT2D eigenvalue weighted by atomic mass is 32.2. The van der Waals surface area contributed by atoms with Gasteiger partial charge in [-0.3, -0.25) is 0 Å². The summed E-state index contributed by atoms with van der Waals surface area (Å²) in [6.07, 6.45) is 0. The molecular formula is C14H17FN2O3S. The minimum absolute atomic E-state index is 0.131. The van der Waals surface area contributed by atoms with Crippen LogP contribution in [0.25, 0.3) is 0 Å². The molecule has 5 nitrogen and oxygen atoms in total. The van der Waals surface area contributed by atoms with E-state index in [-0.39, 0.29) is 17.5 Å². The fraction of sp³-hybridized carbons (Fsp3) is 0.286. The van der Waals surface area contributed by atoms with Gasteiger partial charge in [-0.1, -0.05) is 6.07 Å². The van der Waals surface area contributed by atoms with E-state index in [1.54, 1.807) is 25.1 Å². The van der Waals surface area contributed by atoms with Crippen molar-refractivity contribution in [1.82, 2.24) is 4.31 Å². The number of sulfonamides is 1. The Labute approximate surface area is 123 Å². The van der Waals surface area contributed by atoms with Crippen LogP contribution >= 0.6 is 0 Å². The van der Waals surface area contributed by atoms with Gasteiger partial charge in [-0.15, -0.1) is 0 Å². The van der Waals surface area contributed by atoms with Crippen LogP contribution in [-0.4, -0.2) is 26.8 Å². The zero-order valence-electron chi connectivity index (χ0n) is 12.1. The third-order valence-electron chi connectivity index (χ3n) is 2.95. The maximum Gasteiger partial charge on any atom is 0.275 e. The Kier molecular flexibility index (Phi) is 4.34. The van der Waals surface area contributed by atoms with Crippen LogP contribution in [0.2, 0.25) is 0 Å². The average Bonchev–Trinajstić information content (AvgIpc) is 2.87. The molecule has 0 amide bonds. The number of nitrogens with one attached hydrogen (secondary N) is 1. The lowest BCUT2D eigenvalue weighted by molar-refractivity contribution is 0.402. The molecule has 0 saturated heterocycles. The number of nitrogens with zero attached hydrogens (tertiary/aromatic N) is 1. The third-order valence-corrected chi connectivity index (χ3v) is 4.64. The summed E-state index contributed by atoms with van der Waals surface area (Å²) in [5.74, 6) is 0.0538. The minimum atomic E-state index is -3.59. The molecule has 0 bridgehead atoms. The molecule has 0 unspecified atom stereocenters. The van der Waals surface area contributed by atoms with Gasteiger partial charge in [-0.25, -0.2) is 17.1 Å². The minimum Gasteiger partial charge on any atom is -0.446 e. The van der Waals surface area contributed by atoms with E-state index in [1.165, 1.54) is 26.2 Å². The van der Waals surface area contributed by atoms with Gasteiger partial charge in [0.15, 0.2) is 0 Å². The second-order valence-electron chi connectivity index (χ2n) is 4.85. The fourth-order valence-corrected chi connectivity index (χ4v) is 2.53. The lowest BCUT2D eigenvalue weighted by Gasteiger charge is -2.08. The molecule has 0 saturated carbocycles. The topological polar surface area (TPSA) is 62.6 Å². The van der Waals surface area contributed by atoms with Crippen molar-refractivity contribution in [1.29, 1.82) is 0 Å². The van der Waals surface area contributed by atoms with Crippen molar-refractivity contribution in [3.63, 3.8) is 0 Å². The first-order valence-corrected chi connectivity index (χ1v) is 7.76. The third kappa shape index (κ3) is 3.43. The first-order chi connectivity index (χ1) is 9.80. The number of hydrogen-bond donors (Lipinski definition) is 1. The first-order valence-electron chi connectivity index (χ1n) is 6.32. The maximum absolute atomic E-state index is 13.7. The van der Waals surface area contributed by atoms with E-state index >= 15 is 0 Å². The highest BCUT2D eigenvalue weighted by Crippen LogP contribution is 2.19. The van der Waals surface area contributed by atoms with Crippen LogP contribution in [0, 0.1) is 12.7 Å². The van der Waals surface area contributed by atoms with Gasteiger partial charge in [-0.05, 0) is 36.8 Å². The van der Waals surface area contributed by atoms with Crippen LogP contribution in [0.5, 0.6) is 0 Å². The Morgan fingerprint density at radius 3 is 2.57 bits per heavy atom. The quantitative estimate of drug-likeness (QED) is 0.922. The zero-order valence-corrected chi connectivity index (χ0v) is 12.9. The molecule has 1 heterocycles. The van der Waals surface area contributed by atoms with Gasteiger partial charge in [-0.2, -0.15) is 0 Å². The second kappa shape index (κ2) is 5.87. The summed E-state index contributed by atoms with van der Waals surface area (Å²) < 4.78 is 43.7. The Morgan fingerprint density at radius 2 is 1.95 bits per heavy atom. The van der Waals surface area contributed by atoms with E-state index in [1.807, 2.05) is 0 Å². The van der Waals surface area contributed by atoms with Gasteiger partial charge in [0.25, 0.3) is 10.0 Å². The van der Waals surface area contributed by atoms with Crippen molar-refractivity contribution in [3.05, 3.63) is 47.5 Å². The molecule has 7 heteroatoms. The van der Waals surface area contributed by atoms with Gasteiger partial charge in [0.2, 0.25) is 5.09 Å². The van der Waals surface area contributed by atoms with Crippen molar-refractivity contribution in [2.45, 2.75) is 18.6 Å². The Morgan fingerprint density at radius 1 is 1.24 bits per heavy atom. The highest BCUT2D eigenvalue weighted by molar-refractivity contribution is 7.88. The van der Waals surface area contributed by atoms with E-state index in [0.29, 0.717) is 11.4 Å². The van der Waals surface area contributed by atoms with Crippen molar-refractivity contribution in [2.24, 2.45) is 0 Å². The molecule has 114 valence electrons. The fourth-order valence-electron chi connectivity index (χ4n) is 1.72. The number of hydrogen-bond acceptors (Lipinski definition) is 4. The Bertz CT molecular complexity index is 738. The maximum atomic E-state index is 13.7. The van der Waals surface area contributed by atoms with Crippen LogP contribution in [-0.2, 0) is 16.6 Å². The van der Waals surface area contributed by atoms with Crippen LogP contribution in [0.4, 0.5) is 10.1 Å². The Balaban J connectivity index is 2.10. The van der Waals surface area contributed by atoms with E-state index in [0.717, 1.165) is 9.87 Å². The van der Waals surface area contributed by atoms with E-state index in [4.69, 9.17) is 4.42 Å². The van der Waals surface area contributed by atoms with Crippen LogP contribution in [0.3, 0.4) is 0 Å². The van der Waals surface area contributed by atoms with E-state index < -0.39 is 10.0 Å². The van der Waals surface area contributed by atoms with E-state index in [9.17, 15) is 12.8 Å². The molecule has 2 rings (SSSR count). The molecule has 21 heavy (non-hydrogen) atoms. The predicted molar refractivity (Wildman–Crippen MR) is 78.0 cm³/mol. The highest BCUT2D eigenvalue weighted by Gasteiger charge is 2.21. The number of aryl methyl sites for hydroxylation is 1. The summed E-state index contributed by atoms with van der Waals surface area (Å²) in [5.41, 5.74) is 1.17. The molecule has 1 aromatic carbocycles. The number of furan rings is 1. The van der Waals surface area contributed by atoms with Crippen LogP contribution < -0.4 is 5.32 Å². The lowest BCUT2D eigenvalue weighted by Crippen LogP contribution is -2.21. The molecule has 0 atom stereocenters. The standard InChI is InChI=1S/C14H17FN2O3S/c1-10-4-6-13(12(15)8-10)16-9-11-5-7-14(20-11)21(18,19)17(2)3/h4-8,16H,9H2,1-3H3. The van der Waals surface area contributed by atoms with Crippen molar-refractivity contribution < 1.29 is 17.2 Å². The molecular weight excluding hydrogens is 295 g/mol. The van der Waals surface area contributed by atoms with E-state index in [2.05, 4.69) is 5.32 Å². The number of benzene rings is 1. The summed E-state index contributed by atoms with van der Waals surface area (Å²) in [4.78, 5) is 0. The van der Waals surface area contributed by atoms with Gasteiger partial charge in [0.1, 0.15) is 11.6 Å². The average molecular weight is 312 g/mol. The number of anilines is 1. The van der Waals surface area contributed by atoms with Gasteiger partial charge in [0.05, 0.1) is 12.2 Å². The zero-order chi connectivity index (χ0) is 15.6. The molecule has 2 aromatic rings. The first kappa shape index (κ1) is 15.5. The largest absolute Gasteiger partial charge is 0.446 e. The molecule has 0 aliphatic carbocycles. The molecule has 0 radical (unpaired) electrons. The summed E-state index contributed by atoms with van der Waals surface area (Å²) in [6.45, 7) is 2.00. The lowest BCUT2D eigenvalue weighted by atomic mass is 10.2. The van der Waals surface area contributed by atoms with Crippen molar-refractivity contribution >= 4 is 15.7 Å². The molecule has 0 aliphatic rings. The van der Waals surface area contributed by atoms with Crippen LogP contribution in [0.1, 0.15) is 11.3 Å². The smallest absolute Gasteiger partial charge is 0.275 e. The summed E-state index contributed by atoms with van der Waals surface area (Å²) in [5, 5.41) is 2.74. The Hall–Kier alpha value is -1.86. The predicted octanol–water partition coefficient (Wildman–Crippen LogP) is 2.59. The molecule has 0 spiro atoms. The van der Waals surface area contributed by atoms with Crippen molar-refractivity contribution in [3.8, 4) is 0 Å². The molecule has 1 N–H and O–H groups in total. The normalized spacial score (nSPS) is 11.9. The van der Waals surface area contributed by atoms with Crippen LogP contribution in [0.15, 0.2) is 39.8 Å². The molecule has 0 aliphatic heterocycles. The van der Waals surface area contributed by atoms with Gasteiger partial charge >= 0.3 is 0 Å². The summed E-state index contributed by atoms with van der Waals surface area (Å²) >= 11 is 0. The monoisotopic (exact) mass is 312 g/mol.